The van der Waals surface area contributed by atoms with Crippen LogP contribution in [0, 0.1) is 5.82 Å². The topological polar surface area (TPSA) is 67.2 Å². The third kappa shape index (κ3) is 3.51. The van der Waals surface area contributed by atoms with E-state index < -0.39 is 0 Å². The summed E-state index contributed by atoms with van der Waals surface area (Å²) in [7, 11) is 1.72. The van der Waals surface area contributed by atoms with Gasteiger partial charge in [0.1, 0.15) is 5.82 Å². The van der Waals surface area contributed by atoms with Crippen molar-refractivity contribution in [1.29, 1.82) is 0 Å². The van der Waals surface area contributed by atoms with Crippen LogP contribution in [0.5, 0.6) is 0 Å². The molecular weight excluding hydrogens is 359 g/mol. The Morgan fingerprint density at radius 2 is 1.96 bits per heavy atom. The second kappa shape index (κ2) is 7.26. The van der Waals surface area contributed by atoms with E-state index in [-0.39, 0.29) is 30.1 Å². The van der Waals surface area contributed by atoms with Gasteiger partial charge in [0.2, 0.25) is 5.91 Å². The van der Waals surface area contributed by atoms with E-state index in [9.17, 15) is 14.0 Å². The molecular formula is C21H19FN4O2. The Labute approximate surface area is 161 Å². The number of carbonyl (C=O) groups excluding carboxylic acids is 2. The second-order valence-electron chi connectivity index (χ2n) is 6.84. The monoisotopic (exact) mass is 378 g/mol. The molecule has 2 amide bonds. The van der Waals surface area contributed by atoms with Crippen molar-refractivity contribution < 1.29 is 14.0 Å². The van der Waals surface area contributed by atoms with Crippen LogP contribution in [-0.4, -0.2) is 33.5 Å². The van der Waals surface area contributed by atoms with Crippen LogP contribution >= 0.6 is 0 Å². The van der Waals surface area contributed by atoms with E-state index in [1.54, 1.807) is 41.0 Å². The van der Waals surface area contributed by atoms with Crippen LogP contribution < -0.4 is 5.32 Å². The van der Waals surface area contributed by atoms with Gasteiger partial charge in [-0.05, 0) is 35.9 Å². The molecule has 0 aliphatic carbocycles. The van der Waals surface area contributed by atoms with Gasteiger partial charge >= 0.3 is 0 Å². The average molecular weight is 378 g/mol. The standard InChI is InChI=1S/C21H19FN4O2/c1-25(12-14-11-23-26(13-14)16-8-6-15(22)7-9-16)20(27)10-19-17-4-2-3-5-18(17)21(28)24-19/h2-9,11,13,19H,10,12H2,1H3,(H,24,28). The maximum absolute atomic E-state index is 13.1. The predicted octanol–water partition coefficient (Wildman–Crippen LogP) is 2.84. The third-order valence-electron chi connectivity index (χ3n) is 4.84. The Kier molecular flexibility index (Phi) is 4.65. The minimum absolute atomic E-state index is 0.0727. The van der Waals surface area contributed by atoms with E-state index in [0.29, 0.717) is 12.1 Å². The molecule has 1 N–H and O–H groups in total. The van der Waals surface area contributed by atoms with Gasteiger partial charge in [-0.15, -0.1) is 0 Å². The van der Waals surface area contributed by atoms with Crippen molar-refractivity contribution in [2.45, 2.75) is 19.0 Å². The summed E-state index contributed by atoms with van der Waals surface area (Å²) in [6.45, 7) is 0.391. The Morgan fingerprint density at radius 1 is 1.21 bits per heavy atom. The first-order chi connectivity index (χ1) is 13.5. The summed E-state index contributed by atoms with van der Waals surface area (Å²) in [6, 6.07) is 13.0. The maximum Gasteiger partial charge on any atom is 0.252 e. The number of amides is 2. The average Bonchev–Trinajstić information content (AvgIpc) is 3.28. The van der Waals surface area contributed by atoms with Crippen molar-refractivity contribution in [3.63, 3.8) is 0 Å². The van der Waals surface area contributed by atoms with Crippen molar-refractivity contribution in [2.24, 2.45) is 0 Å². The van der Waals surface area contributed by atoms with Crippen molar-refractivity contribution in [3.8, 4) is 5.69 Å². The van der Waals surface area contributed by atoms with Gasteiger partial charge in [0.25, 0.3) is 5.91 Å². The fourth-order valence-corrected chi connectivity index (χ4v) is 3.35. The molecule has 1 unspecified atom stereocenters. The number of hydrogen-bond acceptors (Lipinski definition) is 3. The first kappa shape index (κ1) is 17.9. The van der Waals surface area contributed by atoms with Gasteiger partial charge in [0.15, 0.2) is 0 Å². The van der Waals surface area contributed by atoms with Crippen LogP contribution in [0.4, 0.5) is 4.39 Å². The minimum atomic E-state index is -0.305. The van der Waals surface area contributed by atoms with Gasteiger partial charge in [-0.3, -0.25) is 9.59 Å². The zero-order chi connectivity index (χ0) is 19.7. The van der Waals surface area contributed by atoms with Crippen LogP contribution in [0.25, 0.3) is 5.69 Å². The number of benzene rings is 2. The molecule has 6 nitrogen and oxygen atoms in total. The zero-order valence-corrected chi connectivity index (χ0v) is 15.3. The van der Waals surface area contributed by atoms with Crippen molar-refractivity contribution in [1.82, 2.24) is 20.0 Å². The minimum Gasteiger partial charge on any atom is -0.345 e. The van der Waals surface area contributed by atoms with Crippen LogP contribution in [0.2, 0.25) is 0 Å². The van der Waals surface area contributed by atoms with E-state index >= 15 is 0 Å². The molecule has 2 heterocycles. The van der Waals surface area contributed by atoms with Gasteiger partial charge in [0, 0.05) is 30.9 Å². The number of rotatable bonds is 5. The molecule has 4 rings (SSSR count). The predicted molar refractivity (Wildman–Crippen MR) is 101 cm³/mol. The summed E-state index contributed by atoms with van der Waals surface area (Å²) in [6.07, 6.45) is 3.69. The fraction of sp³-hybridized carbons (Fsp3) is 0.190. The molecule has 0 spiro atoms. The molecule has 2 aromatic carbocycles. The van der Waals surface area contributed by atoms with Crippen LogP contribution in [0.1, 0.15) is 33.9 Å². The molecule has 0 saturated heterocycles. The van der Waals surface area contributed by atoms with E-state index in [2.05, 4.69) is 10.4 Å². The lowest BCUT2D eigenvalue weighted by atomic mass is 10.0. The van der Waals surface area contributed by atoms with E-state index in [1.165, 1.54) is 12.1 Å². The Hall–Kier alpha value is -3.48. The van der Waals surface area contributed by atoms with Crippen LogP contribution in [0.3, 0.4) is 0 Å². The lowest BCUT2D eigenvalue weighted by Crippen LogP contribution is -2.30. The molecule has 7 heteroatoms. The van der Waals surface area contributed by atoms with Crippen LogP contribution in [0.15, 0.2) is 60.9 Å². The molecule has 0 radical (unpaired) electrons. The SMILES string of the molecule is CN(Cc1cnn(-c2ccc(F)cc2)c1)C(=O)CC1NC(=O)c2ccccc21. The summed E-state index contributed by atoms with van der Waals surface area (Å²) in [5.74, 6) is -0.518. The molecule has 3 aromatic rings. The number of carbonyl (C=O) groups is 2. The Bertz CT molecular complexity index is 1030. The number of fused-ring (bicyclic) bond motifs is 1. The summed E-state index contributed by atoms with van der Waals surface area (Å²) < 4.78 is 14.7. The van der Waals surface area contributed by atoms with E-state index in [1.807, 2.05) is 24.4 Å². The van der Waals surface area contributed by atoms with Gasteiger partial charge in [-0.2, -0.15) is 5.10 Å². The first-order valence-electron chi connectivity index (χ1n) is 8.94. The molecule has 0 saturated carbocycles. The number of nitrogens with zero attached hydrogens (tertiary/aromatic N) is 3. The van der Waals surface area contributed by atoms with Gasteiger partial charge in [0.05, 0.1) is 24.3 Å². The molecule has 1 atom stereocenters. The van der Waals surface area contributed by atoms with Gasteiger partial charge in [-0.1, -0.05) is 18.2 Å². The first-order valence-corrected chi connectivity index (χ1v) is 8.94. The molecule has 1 aromatic heterocycles. The van der Waals surface area contributed by atoms with Gasteiger partial charge in [-0.25, -0.2) is 9.07 Å². The third-order valence-corrected chi connectivity index (χ3v) is 4.84. The highest BCUT2D eigenvalue weighted by Crippen LogP contribution is 2.28. The van der Waals surface area contributed by atoms with Crippen molar-refractivity contribution >= 4 is 11.8 Å². The summed E-state index contributed by atoms with van der Waals surface area (Å²) in [4.78, 5) is 26.3. The summed E-state index contributed by atoms with van der Waals surface area (Å²) >= 11 is 0. The highest BCUT2D eigenvalue weighted by molar-refractivity contribution is 5.99. The van der Waals surface area contributed by atoms with Crippen molar-refractivity contribution in [2.75, 3.05) is 7.05 Å². The quantitative estimate of drug-likeness (QED) is 0.742. The lowest BCUT2D eigenvalue weighted by molar-refractivity contribution is -0.130. The van der Waals surface area contributed by atoms with Crippen LogP contribution in [-0.2, 0) is 11.3 Å². The number of nitrogens with one attached hydrogen (secondary N) is 1. The highest BCUT2D eigenvalue weighted by atomic mass is 19.1. The number of hydrogen-bond donors (Lipinski definition) is 1. The van der Waals surface area contributed by atoms with Gasteiger partial charge < -0.3 is 10.2 Å². The fourth-order valence-electron chi connectivity index (χ4n) is 3.35. The Balaban J connectivity index is 1.40. The molecule has 142 valence electrons. The summed E-state index contributed by atoms with van der Waals surface area (Å²) in [5, 5.41) is 7.14. The molecule has 0 fully saturated rings. The highest BCUT2D eigenvalue weighted by Gasteiger charge is 2.30. The smallest absolute Gasteiger partial charge is 0.252 e. The van der Waals surface area contributed by atoms with E-state index in [4.69, 9.17) is 0 Å². The maximum atomic E-state index is 13.1. The van der Waals surface area contributed by atoms with E-state index in [0.717, 1.165) is 16.8 Å². The molecule has 28 heavy (non-hydrogen) atoms. The normalized spacial score (nSPS) is 15.2. The number of halogens is 1. The zero-order valence-electron chi connectivity index (χ0n) is 15.3. The Morgan fingerprint density at radius 3 is 2.75 bits per heavy atom. The largest absolute Gasteiger partial charge is 0.345 e. The molecule has 1 aliphatic heterocycles. The van der Waals surface area contributed by atoms with Crippen molar-refractivity contribution in [3.05, 3.63) is 83.4 Å². The molecule has 1 aliphatic rings. The lowest BCUT2D eigenvalue weighted by Gasteiger charge is -2.19. The summed E-state index contributed by atoms with van der Waals surface area (Å²) in [5.41, 5.74) is 3.09. The number of aromatic nitrogens is 2. The second-order valence-corrected chi connectivity index (χ2v) is 6.84. The molecule has 0 bridgehead atoms.